The van der Waals surface area contributed by atoms with Crippen LogP contribution < -0.4 is 20.3 Å². The molecule has 0 fully saturated rings. The van der Waals surface area contributed by atoms with E-state index in [2.05, 4.69) is 17.8 Å². The van der Waals surface area contributed by atoms with Crippen molar-refractivity contribution in [1.29, 1.82) is 0 Å². The Hall–Kier alpha value is -3.13. The topological polar surface area (TPSA) is 76.7 Å². The van der Waals surface area contributed by atoms with Crippen LogP contribution in [0.1, 0.15) is 39.8 Å². The van der Waals surface area contributed by atoms with Gasteiger partial charge in [-0.15, -0.1) is 11.3 Å². The van der Waals surface area contributed by atoms with Crippen LogP contribution in [0.25, 0.3) is 10.1 Å². The largest absolute Gasteiger partial charge is 0.493 e. The van der Waals surface area contributed by atoms with Crippen molar-refractivity contribution < 1.29 is 23.5 Å². The molecule has 0 saturated heterocycles. The molecule has 0 atom stereocenters. The van der Waals surface area contributed by atoms with Crippen LogP contribution in [0, 0.1) is 5.82 Å². The van der Waals surface area contributed by atoms with Crippen LogP contribution >= 0.6 is 11.3 Å². The zero-order valence-electron chi connectivity index (χ0n) is 16.1. The maximum Gasteiger partial charge on any atom is 0.279 e. The molecule has 29 heavy (non-hydrogen) atoms. The average Bonchev–Trinajstić information content (AvgIpc) is 3.15. The summed E-state index contributed by atoms with van der Waals surface area (Å²) in [6.45, 7) is 2.63. The van der Waals surface area contributed by atoms with E-state index in [1.165, 1.54) is 30.6 Å². The van der Waals surface area contributed by atoms with Crippen molar-refractivity contribution in [3.8, 4) is 11.5 Å². The fourth-order valence-electron chi connectivity index (χ4n) is 2.63. The van der Waals surface area contributed by atoms with Crippen LogP contribution in [0.3, 0.4) is 0 Å². The number of ether oxygens (including phenoxy) is 2. The van der Waals surface area contributed by atoms with E-state index in [0.29, 0.717) is 33.9 Å². The number of fused-ring (bicyclic) bond motifs is 1. The zero-order valence-corrected chi connectivity index (χ0v) is 16.9. The van der Waals surface area contributed by atoms with E-state index < -0.39 is 11.8 Å². The van der Waals surface area contributed by atoms with Crippen molar-refractivity contribution >= 4 is 33.2 Å². The fraction of sp³-hybridized carbons (Fsp3) is 0.238. The lowest BCUT2D eigenvalue weighted by Crippen LogP contribution is -2.41. The summed E-state index contributed by atoms with van der Waals surface area (Å²) in [6, 6.07) is 10.7. The van der Waals surface area contributed by atoms with Gasteiger partial charge in [-0.25, -0.2) is 4.39 Å². The third kappa shape index (κ3) is 5.03. The van der Waals surface area contributed by atoms with Crippen LogP contribution in [-0.2, 0) is 0 Å². The van der Waals surface area contributed by atoms with Gasteiger partial charge in [-0.3, -0.25) is 20.4 Å². The maximum atomic E-state index is 13.3. The van der Waals surface area contributed by atoms with Gasteiger partial charge in [0.25, 0.3) is 11.8 Å². The number of nitrogens with one attached hydrogen (secondary N) is 2. The minimum absolute atomic E-state index is 0.309. The summed E-state index contributed by atoms with van der Waals surface area (Å²) in [5.41, 5.74) is 5.06. The molecule has 8 heteroatoms. The molecule has 2 aromatic carbocycles. The van der Waals surface area contributed by atoms with Gasteiger partial charge in [-0.1, -0.05) is 13.3 Å². The van der Waals surface area contributed by atoms with Crippen LogP contribution in [0.5, 0.6) is 11.5 Å². The van der Waals surface area contributed by atoms with Crippen LogP contribution in [0.15, 0.2) is 42.5 Å². The Morgan fingerprint density at radius 3 is 2.59 bits per heavy atom. The maximum absolute atomic E-state index is 13.3. The number of amides is 2. The standard InChI is InChI=1S/C21H21FN2O4S/c1-3-4-9-28-16-7-5-13(11-17(16)27-2)20(25)23-24-21(26)19-12-14-10-15(22)6-8-18(14)29-19/h5-8,10-12H,3-4,9H2,1-2H3,(H,23,25)(H,24,26). The highest BCUT2D eigenvalue weighted by molar-refractivity contribution is 7.20. The number of hydrogen-bond donors (Lipinski definition) is 2. The number of hydrazine groups is 1. The first-order chi connectivity index (χ1) is 14.0. The van der Waals surface area contributed by atoms with Gasteiger partial charge >= 0.3 is 0 Å². The van der Waals surface area contributed by atoms with E-state index in [1.54, 1.807) is 30.3 Å². The van der Waals surface area contributed by atoms with Crippen LogP contribution in [0.2, 0.25) is 0 Å². The summed E-state index contributed by atoms with van der Waals surface area (Å²) in [5, 5.41) is 0.634. The SMILES string of the molecule is CCCCOc1ccc(C(=O)NNC(=O)c2cc3cc(F)ccc3s2)cc1OC. The highest BCUT2D eigenvalue weighted by Crippen LogP contribution is 2.28. The molecule has 152 valence electrons. The minimum atomic E-state index is -0.496. The summed E-state index contributed by atoms with van der Waals surface area (Å²) in [6.07, 6.45) is 1.93. The highest BCUT2D eigenvalue weighted by atomic mass is 32.1. The molecule has 0 spiro atoms. The van der Waals surface area contributed by atoms with Crippen molar-refractivity contribution in [2.75, 3.05) is 13.7 Å². The Bertz CT molecular complexity index is 1030. The number of unbranched alkanes of at least 4 members (excludes halogenated alkanes) is 1. The molecule has 0 aliphatic heterocycles. The number of rotatable bonds is 7. The number of hydrogen-bond acceptors (Lipinski definition) is 5. The number of methoxy groups -OCH3 is 1. The summed E-state index contributed by atoms with van der Waals surface area (Å²) in [4.78, 5) is 25.0. The highest BCUT2D eigenvalue weighted by Gasteiger charge is 2.14. The first-order valence-corrected chi connectivity index (χ1v) is 9.94. The molecule has 3 aromatic rings. The number of carbonyl (C=O) groups excluding carboxylic acids is 2. The van der Waals surface area contributed by atoms with E-state index in [9.17, 15) is 14.0 Å². The van der Waals surface area contributed by atoms with Gasteiger partial charge in [0.2, 0.25) is 0 Å². The monoisotopic (exact) mass is 416 g/mol. The van der Waals surface area contributed by atoms with Gasteiger partial charge in [0.15, 0.2) is 11.5 Å². The molecule has 1 aromatic heterocycles. The van der Waals surface area contributed by atoms with Crippen molar-refractivity contribution in [2.45, 2.75) is 19.8 Å². The Kier molecular flexibility index (Phi) is 6.66. The van der Waals surface area contributed by atoms with E-state index >= 15 is 0 Å². The van der Waals surface area contributed by atoms with Gasteiger partial charge in [0.05, 0.1) is 18.6 Å². The first-order valence-electron chi connectivity index (χ1n) is 9.12. The fourth-order valence-corrected chi connectivity index (χ4v) is 3.57. The lowest BCUT2D eigenvalue weighted by atomic mass is 10.2. The predicted molar refractivity (Wildman–Crippen MR) is 110 cm³/mol. The van der Waals surface area contributed by atoms with Crippen molar-refractivity contribution in [3.05, 3.63) is 58.7 Å². The van der Waals surface area contributed by atoms with Gasteiger partial charge in [0.1, 0.15) is 5.82 Å². The molecule has 3 rings (SSSR count). The summed E-state index contributed by atoms with van der Waals surface area (Å²) in [5.74, 6) is -0.354. The Labute approximate surface area is 171 Å². The molecule has 0 bridgehead atoms. The second-order valence-electron chi connectivity index (χ2n) is 6.27. The third-order valence-electron chi connectivity index (χ3n) is 4.17. The molecule has 0 radical (unpaired) electrons. The number of carbonyl (C=O) groups is 2. The number of thiophene rings is 1. The molecule has 6 nitrogen and oxygen atoms in total. The average molecular weight is 416 g/mol. The van der Waals surface area contributed by atoms with Crippen molar-refractivity contribution in [1.82, 2.24) is 10.9 Å². The number of halogens is 1. The Morgan fingerprint density at radius 2 is 1.83 bits per heavy atom. The molecular weight excluding hydrogens is 395 g/mol. The van der Waals surface area contributed by atoms with E-state index in [1.807, 2.05) is 0 Å². The lowest BCUT2D eigenvalue weighted by Gasteiger charge is -2.12. The predicted octanol–water partition coefficient (Wildman–Crippen LogP) is 4.30. The van der Waals surface area contributed by atoms with Crippen LogP contribution in [0.4, 0.5) is 4.39 Å². The van der Waals surface area contributed by atoms with E-state index in [0.717, 1.165) is 17.5 Å². The summed E-state index contributed by atoms with van der Waals surface area (Å²) < 4.78 is 25.0. The Balaban J connectivity index is 1.63. The quantitative estimate of drug-likeness (QED) is 0.445. The summed E-state index contributed by atoms with van der Waals surface area (Å²) >= 11 is 1.21. The molecule has 0 saturated carbocycles. The van der Waals surface area contributed by atoms with Crippen molar-refractivity contribution in [2.24, 2.45) is 0 Å². The van der Waals surface area contributed by atoms with Gasteiger partial charge in [-0.05, 0) is 54.3 Å². The van der Waals surface area contributed by atoms with Gasteiger partial charge in [-0.2, -0.15) is 0 Å². The molecule has 1 heterocycles. The second kappa shape index (κ2) is 9.38. The molecule has 0 aliphatic rings. The molecule has 0 aliphatic carbocycles. The van der Waals surface area contributed by atoms with Crippen molar-refractivity contribution in [3.63, 3.8) is 0 Å². The minimum Gasteiger partial charge on any atom is -0.493 e. The molecule has 0 unspecified atom stereocenters. The molecule has 2 amide bonds. The molecule has 2 N–H and O–H groups in total. The summed E-state index contributed by atoms with van der Waals surface area (Å²) in [7, 11) is 1.50. The normalized spacial score (nSPS) is 10.6. The first kappa shape index (κ1) is 20.6. The number of benzene rings is 2. The molecular formula is C21H21FN2O4S. The van der Waals surface area contributed by atoms with Crippen LogP contribution in [-0.4, -0.2) is 25.5 Å². The lowest BCUT2D eigenvalue weighted by molar-refractivity contribution is 0.0848. The van der Waals surface area contributed by atoms with E-state index in [-0.39, 0.29) is 5.82 Å². The third-order valence-corrected chi connectivity index (χ3v) is 5.29. The smallest absolute Gasteiger partial charge is 0.279 e. The van der Waals surface area contributed by atoms with Gasteiger partial charge in [0, 0.05) is 10.3 Å². The second-order valence-corrected chi connectivity index (χ2v) is 7.35. The Morgan fingerprint density at radius 1 is 1.03 bits per heavy atom. The van der Waals surface area contributed by atoms with E-state index in [4.69, 9.17) is 9.47 Å². The van der Waals surface area contributed by atoms with Gasteiger partial charge < -0.3 is 9.47 Å². The zero-order chi connectivity index (χ0) is 20.8.